The number of thioether (sulfide) groups is 1. The first-order chi connectivity index (χ1) is 9.22. The van der Waals surface area contributed by atoms with E-state index in [1.54, 1.807) is 24.9 Å². The molecule has 1 aromatic heterocycles. The van der Waals surface area contributed by atoms with Gasteiger partial charge in [-0.25, -0.2) is 5.84 Å². The predicted octanol–water partition coefficient (Wildman–Crippen LogP) is 2.18. The molecule has 1 heterocycles. The number of carbonyl (C=O) groups excluding carboxylic acids is 1. The fourth-order valence-electron chi connectivity index (χ4n) is 1.49. The number of methoxy groups -OCH3 is 1. The van der Waals surface area contributed by atoms with Gasteiger partial charge >= 0.3 is 0 Å². The van der Waals surface area contributed by atoms with E-state index in [0.29, 0.717) is 11.3 Å². The van der Waals surface area contributed by atoms with E-state index in [1.165, 1.54) is 6.26 Å². The fraction of sp³-hybridized carbons (Fsp3) is 0.154. The Morgan fingerprint density at radius 2 is 2.16 bits per heavy atom. The van der Waals surface area contributed by atoms with E-state index in [1.807, 2.05) is 24.3 Å². The maximum absolute atomic E-state index is 11.3. The molecule has 0 unspecified atom stereocenters. The minimum atomic E-state index is -0.357. The topological polar surface area (TPSA) is 77.5 Å². The summed E-state index contributed by atoms with van der Waals surface area (Å²) in [6, 6.07) is 9.42. The first kappa shape index (κ1) is 13.5. The molecule has 0 atom stereocenters. The molecule has 0 spiro atoms. The Hall–Kier alpha value is -1.92. The lowest BCUT2D eigenvalue weighted by Crippen LogP contribution is -2.29. The zero-order valence-corrected chi connectivity index (χ0v) is 11.2. The zero-order chi connectivity index (χ0) is 13.7. The van der Waals surface area contributed by atoms with Gasteiger partial charge in [-0.2, -0.15) is 0 Å². The zero-order valence-electron chi connectivity index (χ0n) is 10.4. The number of hydrogen-bond acceptors (Lipinski definition) is 5. The Labute approximate surface area is 115 Å². The molecule has 0 aliphatic heterocycles. The summed E-state index contributed by atoms with van der Waals surface area (Å²) in [7, 11) is 1.63. The number of hydrazine groups is 1. The number of nitrogens with one attached hydrogen (secondary N) is 1. The normalized spacial score (nSPS) is 10.2. The van der Waals surface area contributed by atoms with Crippen molar-refractivity contribution in [2.24, 2.45) is 5.84 Å². The van der Waals surface area contributed by atoms with Gasteiger partial charge in [0.25, 0.3) is 5.91 Å². The first-order valence-electron chi connectivity index (χ1n) is 5.58. The predicted molar refractivity (Wildman–Crippen MR) is 72.9 cm³/mol. The Kier molecular flexibility index (Phi) is 4.48. The molecule has 0 radical (unpaired) electrons. The molecular weight excluding hydrogens is 264 g/mol. The van der Waals surface area contributed by atoms with E-state index < -0.39 is 0 Å². The van der Waals surface area contributed by atoms with Gasteiger partial charge in [0.2, 0.25) is 0 Å². The third-order valence-corrected chi connectivity index (χ3v) is 3.52. The van der Waals surface area contributed by atoms with Gasteiger partial charge in [0.15, 0.2) is 0 Å². The lowest BCUT2D eigenvalue weighted by atomic mass is 10.3. The molecule has 5 nitrogen and oxygen atoms in total. The number of ether oxygens (including phenoxy) is 1. The summed E-state index contributed by atoms with van der Waals surface area (Å²) in [6.07, 6.45) is 1.39. The highest BCUT2D eigenvalue weighted by Gasteiger charge is 2.08. The third-order valence-electron chi connectivity index (χ3n) is 2.49. The quantitative estimate of drug-likeness (QED) is 0.379. The van der Waals surface area contributed by atoms with Crippen molar-refractivity contribution < 1.29 is 13.9 Å². The smallest absolute Gasteiger partial charge is 0.268 e. The minimum Gasteiger partial charge on any atom is -0.497 e. The Morgan fingerprint density at radius 3 is 2.79 bits per heavy atom. The number of nitrogen functional groups attached to an aromatic ring is 1. The summed E-state index contributed by atoms with van der Waals surface area (Å²) in [5, 5.41) is 0. The molecule has 1 amide bonds. The van der Waals surface area contributed by atoms with Gasteiger partial charge in [0.05, 0.1) is 18.4 Å². The van der Waals surface area contributed by atoms with Crippen LogP contribution < -0.4 is 16.0 Å². The van der Waals surface area contributed by atoms with Crippen molar-refractivity contribution in [3.05, 3.63) is 47.9 Å². The van der Waals surface area contributed by atoms with Crippen LogP contribution in [-0.4, -0.2) is 13.0 Å². The van der Waals surface area contributed by atoms with Crippen LogP contribution in [0.4, 0.5) is 0 Å². The fourth-order valence-corrected chi connectivity index (χ4v) is 2.27. The van der Waals surface area contributed by atoms with Crippen molar-refractivity contribution in [3.8, 4) is 5.75 Å². The van der Waals surface area contributed by atoms with Gasteiger partial charge in [0, 0.05) is 4.90 Å². The van der Waals surface area contributed by atoms with Crippen LogP contribution in [0.25, 0.3) is 0 Å². The molecule has 0 fully saturated rings. The standard InChI is InChI=1S/C13H14N2O3S/c1-17-10-2-4-12(5-3-10)19-8-11-6-9(7-18-11)13(16)15-14/h2-7H,8,14H2,1H3,(H,15,16). The Balaban J connectivity index is 1.94. The molecule has 6 heteroatoms. The molecule has 0 bridgehead atoms. The first-order valence-corrected chi connectivity index (χ1v) is 6.56. The van der Waals surface area contributed by atoms with Crippen LogP contribution in [0, 0.1) is 0 Å². The highest BCUT2D eigenvalue weighted by atomic mass is 32.2. The molecule has 0 aliphatic carbocycles. The monoisotopic (exact) mass is 278 g/mol. The van der Waals surface area contributed by atoms with Crippen LogP contribution in [0.1, 0.15) is 16.1 Å². The van der Waals surface area contributed by atoms with Crippen molar-refractivity contribution in [2.45, 2.75) is 10.6 Å². The molecule has 2 aromatic rings. The molecule has 1 aromatic carbocycles. The Morgan fingerprint density at radius 1 is 1.42 bits per heavy atom. The van der Waals surface area contributed by atoms with Gasteiger partial charge in [-0.05, 0) is 30.3 Å². The lowest BCUT2D eigenvalue weighted by molar-refractivity contribution is 0.0953. The third kappa shape index (κ3) is 3.52. The highest BCUT2D eigenvalue weighted by Crippen LogP contribution is 2.25. The van der Waals surface area contributed by atoms with Crippen LogP contribution in [0.15, 0.2) is 45.9 Å². The summed E-state index contributed by atoms with van der Waals surface area (Å²) >= 11 is 1.61. The largest absolute Gasteiger partial charge is 0.497 e. The average molecular weight is 278 g/mol. The van der Waals surface area contributed by atoms with Crippen LogP contribution in [0.3, 0.4) is 0 Å². The van der Waals surface area contributed by atoms with E-state index in [9.17, 15) is 4.79 Å². The molecule has 19 heavy (non-hydrogen) atoms. The number of benzene rings is 1. The van der Waals surface area contributed by atoms with Gasteiger partial charge in [-0.1, -0.05) is 0 Å². The van der Waals surface area contributed by atoms with Crippen LogP contribution in [-0.2, 0) is 5.75 Å². The maximum Gasteiger partial charge on any atom is 0.268 e. The molecule has 3 N–H and O–H groups in total. The summed E-state index contributed by atoms with van der Waals surface area (Å²) < 4.78 is 10.4. The van der Waals surface area contributed by atoms with Crippen molar-refractivity contribution in [3.63, 3.8) is 0 Å². The van der Waals surface area contributed by atoms with Crippen molar-refractivity contribution in [2.75, 3.05) is 7.11 Å². The average Bonchev–Trinajstić information content (AvgIpc) is 2.93. The Bertz CT molecular complexity index is 551. The van der Waals surface area contributed by atoms with Gasteiger partial charge < -0.3 is 9.15 Å². The van der Waals surface area contributed by atoms with E-state index in [-0.39, 0.29) is 5.91 Å². The van der Waals surface area contributed by atoms with E-state index in [0.717, 1.165) is 16.4 Å². The second-order valence-electron chi connectivity index (χ2n) is 3.74. The lowest BCUT2D eigenvalue weighted by Gasteiger charge is -2.01. The number of amides is 1. The summed E-state index contributed by atoms with van der Waals surface area (Å²) in [5.74, 6) is 6.88. The van der Waals surface area contributed by atoms with Crippen molar-refractivity contribution in [1.82, 2.24) is 5.43 Å². The van der Waals surface area contributed by atoms with Gasteiger partial charge in [-0.3, -0.25) is 10.2 Å². The molecule has 0 saturated carbocycles. The van der Waals surface area contributed by atoms with E-state index in [2.05, 4.69) is 5.43 Å². The second-order valence-corrected chi connectivity index (χ2v) is 4.79. The second kappa shape index (κ2) is 6.31. The van der Waals surface area contributed by atoms with Crippen molar-refractivity contribution >= 4 is 17.7 Å². The molecular formula is C13H14N2O3S. The van der Waals surface area contributed by atoms with E-state index >= 15 is 0 Å². The summed E-state index contributed by atoms with van der Waals surface area (Å²) in [5.41, 5.74) is 2.49. The number of nitrogens with two attached hydrogens (primary N) is 1. The number of hydrogen-bond donors (Lipinski definition) is 2. The maximum atomic E-state index is 11.3. The summed E-state index contributed by atoms with van der Waals surface area (Å²) in [6.45, 7) is 0. The number of rotatable bonds is 5. The minimum absolute atomic E-state index is 0.357. The molecule has 100 valence electrons. The van der Waals surface area contributed by atoms with Gasteiger partial charge in [0.1, 0.15) is 17.8 Å². The number of carbonyl (C=O) groups is 1. The SMILES string of the molecule is COc1ccc(SCc2cc(C(=O)NN)co2)cc1. The van der Waals surface area contributed by atoms with Crippen LogP contribution >= 0.6 is 11.8 Å². The molecule has 2 rings (SSSR count). The molecule has 0 saturated heterocycles. The summed E-state index contributed by atoms with van der Waals surface area (Å²) in [4.78, 5) is 12.4. The highest BCUT2D eigenvalue weighted by molar-refractivity contribution is 7.98. The molecule has 0 aliphatic rings. The van der Waals surface area contributed by atoms with Crippen LogP contribution in [0.5, 0.6) is 5.75 Å². The van der Waals surface area contributed by atoms with Gasteiger partial charge in [-0.15, -0.1) is 11.8 Å². The van der Waals surface area contributed by atoms with Crippen molar-refractivity contribution in [1.29, 1.82) is 0 Å². The van der Waals surface area contributed by atoms with E-state index in [4.69, 9.17) is 15.0 Å². The number of furan rings is 1. The van der Waals surface area contributed by atoms with Crippen LogP contribution in [0.2, 0.25) is 0 Å².